The number of aliphatic carboxylic acids is 1. The zero-order valence-electron chi connectivity index (χ0n) is 10.3. The monoisotopic (exact) mass is 314 g/mol. The second kappa shape index (κ2) is 5.40. The van der Waals surface area contributed by atoms with Gasteiger partial charge in [0.1, 0.15) is 17.0 Å². The molecule has 0 aromatic heterocycles. The third-order valence-electron chi connectivity index (χ3n) is 3.14. The molecule has 6 nitrogen and oxygen atoms in total. The quantitative estimate of drug-likeness (QED) is 0.910. The number of carboxylic acids is 1. The van der Waals surface area contributed by atoms with Crippen LogP contribution in [0, 0.1) is 11.3 Å². The van der Waals surface area contributed by atoms with Crippen molar-refractivity contribution in [3.63, 3.8) is 0 Å². The number of hydrogen-bond donors (Lipinski definition) is 1. The first-order valence-corrected chi connectivity index (χ1v) is 7.64. The predicted octanol–water partition coefficient (Wildman–Crippen LogP) is 1.45. The lowest BCUT2D eigenvalue weighted by Gasteiger charge is -2.21. The van der Waals surface area contributed by atoms with E-state index in [2.05, 4.69) is 0 Å². The molecule has 1 aliphatic heterocycles. The fourth-order valence-corrected chi connectivity index (χ4v) is 4.26. The molecule has 106 valence electrons. The highest BCUT2D eigenvalue weighted by Gasteiger charge is 2.40. The summed E-state index contributed by atoms with van der Waals surface area (Å²) >= 11 is 5.78. The van der Waals surface area contributed by atoms with Gasteiger partial charge in [0.2, 0.25) is 10.0 Å². The lowest BCUT2D eigenvalue weighted by molar-refractivity contribution is -0.140. The maximum atomic E-state index is 12.5. The van der Waals surface area contributed by atoms with Gasteiger partial charge in [0.15, 0.2) is 0 Å². The van der Waals surface area contributed by atoms with Crippen molar-refractivity contribution in [2.45, 2.75) is 23.8 Å². The summed E-state index contributed by atoms with van der Waals surface area (Å²) in [5, 5.41) is 18.3. The van der Waals surface area contributed by atoms with Crippen LogP contribution in [0.25, 0.3) is 0 Å². The zero-order chi connectivity index (χ0) is 14.9. The molecule has 2 rings (SSSR count). The topological polar surface area (TPSA) is 98.5 Å². The highest BCUT2D eigenvalue weighted by molar-refractivity contribution is 7.89. The second-order valence-electron chi connectivity index (χ2n) is 4.36. The third kappa shape index (κ3) is 2.50. The highest BCUT2D eigenvalue weighted by Crippen LogP contribution is 2.29. The standard InChI is InChI=1S/C12H11ClN2O4S/c13-9-4-3-8(7-14)11(6-9)20(18,19)15-5-1-2-10(15)12(16)17/h3-4,6,10H,1-2,5H2,(H,16,17)/t10-/m0/s1. The highest BCUT2D eigenvalue weighted by atomic mass is 35.5. The maximum Gasteiger partial charge on any atom is 0.322 e. The first kappa shape index (κ1) is 14.8. The summed E-state index contributed by atoms with van der Waals surface area (Å²) in [6.45, 7) is 0.122. The molecule has 20 heavy (non-hydrogen) atoms. The molecular weight excluding hydrogens is 304 g/mol. The lowest BCUT2D eigenvalue weighted by Crippen LogP contribution is -2.40. The number of nitrogens with zero attached hydrogens (tertiary/aromatic N) is 2. The average Bonchev–Trinajstić information content (AvgIpc) is 2.88. The summed E-state index contributed by atoms with van der Waals surface area (Å²) < 4.78 is 26.0. The van der Waals surface area contributed by atoms with Crippen LogP contribution >= 0.6 is 11.6 Å². The Morgan fingerprint density at radius 3 is 2.80 bits per heavy atom. The van der Waals surface area contributed by atoms with Gasteiger partial charge in [0.05, 0.1) is 5.56 Å². The number of benzene rings is 1. The van der Waals surface area contributed by atoms with Crippen LogP contribution in [-0.2, 0) is 14.8 Å². The zero-order valence-corrected chi connectivity index (χ0v) is 11.9. The first-order chi connectivity index (χ1) is 9.37. The van der Waals surface area contributed by atoms with Crippen molar-refractivity contribution in [1.29, 1.82) is 5.26 Å². The Balaban J connectivity index is 2.54. The van der Waals surface area contributed by atoms with Crippen molar-refractivity contribution in [3.05, 3.63) is 28.8 Å². The molecule has 0 aliphatic carbocycles. The van der Waals surface area contributed by atoms with E-state index in [0.717, 1.165) is 4.31 Å². The van der Waals surface area contributed by atoms with Crippen molar-refractivity contribution in [2.75, 3.05) is 6.54 Å². The molecule has 0 spiro atoms. The molecule has 1 aromatic carbocycles. The Labute approximate surface area is 121 Å². The summed E-state index contributed by atoms with van der Waals surface area (Å²) in [4.78, 5) is 10.9. The van der Waals surface area contributed by atoms with Crippen LogP contribution < -0.4 is 0 Å². The number of nitriles is 1. The molecule has 8 heteroatoms. The molecule has 1 aliphatic rings. The summed E-state index contributed by atoms with van der Waals surface area (Å²) in [6, 6.07) is 4.59. The molecule has 1 heterocycles. The molecule has 0 saturated carbocycles. The smallest absolute Gasteiger partial charge is 0.322 e. The molecule has 0 unspecified atom stereocenters. The van der Waals surface area contributed by atoms with Gasteiger partial charge in [-0.05, 0) is 31.0 Å². The molecule has 1 atom stereocenters. The van der Waals surface area contributed by atoms with E-state index in [4.69, 9.17) is 22.0 Å². The van der Waals surface area contributed by atoms with E-state index >= 15 is 0 Å². The molecule has 1 saturated heterocycles. The van der Waals surface area contributed by atoms with Crippen molar-refractivity contribution in [3.8, 4) is 6.07 Å². The van der Waals surface area contributed by atoms with Crippen LogP contribution in [0.2, 0.25) is 5.02 Å². The van der Waals surface area contributed by atoms with Gasteiger partial charge in [-0.1, -0.05) is 11.6 Å². The van der Waals surface area contributed by atoms with Crippen molar-refractivity contribution in [1.82, 2.24) is 4.31 Å². The van der Waals surface area contributed by atoms with E-state index in [1.807, 2.05) is 0 Å². The van der Waals surface area contributed by atoms with Gasteiger partial charge in [0.25, 0.3) is 0 Å². The number of carboxylic acid groups (broad SMARTS) is 1. The Bertz CT molecular complexity index is 696. The van der Waals surface area contributed by atoms with Crippen molar-refractivity contribution < 1.29 is 18.3 Å². The molecule has 1 aromatic rings. The third-order valence-corrected chi connectivity index (χ3v) is 5.32. The summed E-state index contributed by atoms with van der Waals surface area (Å²) in [5.41, 5.74) is -0.0505. The number of halogens is 1. The molecule has 0 amide bonds. The molecule has 0 radical (unpaired) electrons. The molecule has 1 N–H and O–H groups in total. The van der Waals surface area contributed by atoms with Crippen molar-refractivity contribution in [2.24, 2.45) is 0 Å². The average molecular weight is 315 g/mol. The summed E-state index contributed by atoms with van der Waals surface area (Å²) in [7, 11) is -4.05. The fraction of sp³-hybridized carbons (Fsp3) is 0.333. The van der Waals surface area contributed by atoms with E-state index in [-0.39, 0.29) is 28.4 Å². The van der Waals surface area contributed by atoms with Gasteiger partial charge in [-0.15, -0.1) is 0 Å². The van der Waals surface area contributed by atoms with Gasteiger partial charge >= 0.3 is 5.97 Å². The largest absolute Gasteiger partial charge is 0.480 e. The number of sulfonamides is 1. The first-order valence-electron chi connectivity index (χ1n) is 5.82. The minimum atomic E-state index is -4.05. The van der Waals surface area contributed by atoms with Gasteiger partial charge in [-0.3, -0.25) is 4.79 Å². The Hall–Kier alpha value is -1.62. The van der Waals surface area contributed by atoms with Crippen LogP contribution in [0.4, 0.5) is 0 Å². The maximum absolute atomic E-state index is 12.5. The summed E-state index contributed by atoms with van der Waals surface area (Å²) in [5.74, 6) is -1.19. The van der Waals surface area contributed by atoms with Gasteiger partial charge in [-0.25, -0.2) is 8.42 Å². The Kier molecular flexibility index (Phi) is 3.99. The minimum absolute atomic E-state index is 0.0505. The minimum Gasteiger partial charge on any atom is -0.480 e. The predicted molar refractivity (Wildman–Crippen MR) is 70.7 cm³/mol. The van der Waals surface area contributed by atoms with Crippen LogP contribution in [-0.4, -0.2) is 36.4 Å². The van der Waals surface area contributed by atoms with Gasteiger partial charge in [0, 0.05) is 11.6 Å². The number of rotatable bonds is 3. The molecule has 1 fully saturated rings. The van der Waals surface area contributed by atoms with Crippen LogP contribution in [0.15, 0.2) is 23.1 Å². The Morgan fingerprint density at radius 1 is 1.50 bits per heavy atom. The van der Waals surface area contributed by atoms with E-state index in [1.165, 1.54) is 18.2 Å². The van der Waals surface area contributed by atoms with Gasteiger partial charge in [-0.2, -0.15) is 9.57 Å². The normalized spacial score (nSPS) is 19.7. The molecule has 0 bridgehead atoms. The summed E-state index contributed by atoms with van der Waals surface area (Å²) in [6.07, 6.45) is 0.732. The second-order valence-corrected chi connectivity index (χ2v) is 6.66. The Morgan fingerprint density at radius 2 is 2.20 bits per heavy atom. The SMILES string of the molecule is N#Cc1ccc(Cl)cc1S(=O)(=O)N1CCC[C@H]1C(=O)O. The van der Waals surface area contributed by atoms with E-state index in [0.29, 0.717) is 6.42 Å². The number of hydrogen-bond acceptors (Lipinski definition) is 4. The van der Waals surface area contributed by atoms with Gasteiger partial charge < -0.3 is 5.11 Å². The lowest BCUT2D eigenvalue weighted by atomic mass is 10.2. The fourth-order valence-electron chi connectivity index (χ4n) is 2.20. The number of carbonyl (C=O) groups is 1. The van der Waals surface area contributed by atoms with E-state index in [1.54, 1.807) is 6.07 Å². The van der Waals surface area contributed by atoms with E-state index in [9.17, 15) is 13.2 Å². The molecular formula is C12H11ClN2O4S. The van der Waals surface area contributed by atoms with Crippen LogP contribution in [0.1, 0.15) is 18.4 Å². The van der Waals surface area contributed by atoms with E-state index < -0.39 is 22.0 Å². The van der Waals surface area contributed by atoms with Crippen molar-refractivity contribution >= 4 is 27.6 Å². The van der Waals surface area contributed by atoms with Crippen LogP contribution in [0.5, 0.6) is 0 Å². The van der Waals surface area contributed by atoms with Crippen LogP contribution in [0.3, 0.4) is 0 Å².